The van der Waals surface area contributed by atoms with Gasteiger partial charge in [-0.25, -0.2) is 9.97 Å². The molecule has 0 saturated carbocycles. The van der Waals surface area contributed by atoms with Gasteiger partial charge >= 0.3 is 0 Å². The van der Waals surface area contributed by atoms with Gasteiger partial charge in [0.05, 0.1) is 0 Å². The molecule has 0 amide bonds. The molecule has 9 heavy (non-hydrogen) atoms. The predicted molar refractivity (Wildman–Crippen MR) is 36.8 cm³/mol. The molecule has 52 valence electrons. The van der Waals surface area contributed by atoms with Crippen LogP contribution in [-0.2, 0) is 0 Å². The van der Waals surface area contributed by atoms with Gasteiger partial charge in [0.25, 0.3) is 0 Å². The third-order valence-electron chi connectivity index (χ3n) is 0.690. The quantitative estimate of drug-likeness (QED) is 0.547. The summed E-state index contributed by atoms with van der Waals surface area (Å²) in [5.74, 6) is 0. The molecule has 0 aromatic carbocycles. The molecule has 1 rings (SSSR count). The van der Waals surface area contributed by atoms with Gasteiger partial charge in [0.2, 0.25) is 0 Å². The topological polar surface area (TPSA) is 95.8 Å². The molecule has 0 aliphatic heterocycles. The average molecular weight is 128 g/mol. The highest BCUT2D eigenvalue weighted by Crippen LogP contribution is 1.84. The Morgan fingerprint density at radius 1 is 1.11 bits per heavy atom. The van der Waals surface area contributed by atoms with E-state index in [0.717, 1.165) is 5.56 Å². The number of hydrogen-bond donors (Lipinski definition) is 2. The van der Waals surface area contributed by atoms with Crippen LogP contribution >= 0.6 is 0 Å². The van der Waals surface area contributed by atoms with Crippen LogP contribution in [0, 0.1) is 6.92 Å². The predicted octanol–water partition coefficient (Wildman–Crippen LogP) is 1.11. The summed E-state index contributed by atoms with van der Waals surface area (Å²) in [6.45, 7) is 1.96. The molecule has 0 fully saturated rings. The molecule has 0 aliphatic rings. The second-order valence-corrected chi connectivity index (χ2v) is 1.42. The van der Waals surface area contributed by atoms with E-state index in [4.69, 9.17) is 0 Å². The molecule has 0 spiro atoms. The summed E-state index contributed by atoms with van der Waals surface area (Å²) in [6.07, 6.45) is 5.06. The summed E-state index contributed by atoms with van der Waals surface area (Å²) in [7, 11) is 0. The lowest BCUT2D eigenvalue weighted by atomic mass is 10.4. The molecule has 6 N–H and O–H groups in total. The van der Waals surface area contributed by atoms with E-state index in [0.29, 0.717) is 0 Å². The molecule has 0 atom stereocenters. The van der Waals surface area contributed by atoms with E-state index < -0.39 is 0 Å². The number of hydrogen-bond acceptors (Lipinski definition) is 4. The smallest absolute Gasteiger partial charge is 0.115 e. The SMILES string of the molecule is Cc1cncnc1.N.N. The van der Waals surface area contributed by atoms with E-state index in [1.54, 1.807) is 12.4 Å². The first-order valence-corrected chi connectivity index (χ1v) is 2.11. The zero-order valence-electron chi connectivity index (χ0n) is 5.54. The van der Waals surface area contributed by atoms with Gasteiger partial charge in [-0.2, -0.15) is 0 Å². The van der Waals surface area contributed by atoms with Crippen LogP contribution in [-0.4, -0.2) is 9.97 Å². The molecule has 1 heterocycles. The van der Waals surface area contributed by atoms with Crippen molar-refractivity contribution in [2.24, 2.45) is 0 Å². The van der Waals surface area contributed by atoms with Gasteiger partial charge in [-0.3, -0.25) is 0 Å². The van der Waals surface area contributed by atoms with Crippen molar-refractivity contribution in [1.82, 2.24) is 22.3 Å². The van der Waals surface area contributed by atoms with Crippen molar-refractivity contribution in [3.05, 3.63) is 24.3 Å². The van der Waals surface area contributed by atoms with Crippen LogP contribution in [0.3, 0.4) is 0 Å². The van der Waals surface area contributed by atoms with E-state index >= 15 is 0 Å². The molecular formula is C5H12N4. The Balaban J connectivity index is 0. The first-order valence-electron chi connectivity index (χ1n) is 2.11. The Morgan fingerprint density at radius 3 is 1.78 bits per heavy atom. The van der Waals surface area contributed by atoms with Crippen LogP contribution in [0.1, 0.15) is 5.56 Å². The minimum absolute atomic E-state index is 0. The number of nitrogens with zero attached hydrogens (tertiary/aromatic N) is 2. The van der Waals surface area contributed by atoms with Crippen molar-refractivity contribution in [3.63, 3.8) is 0 Å². The zero-order valence-corrected chi connectivity index (χ0v) is 5.54. The summed E-state index contributed by atoms with van der Waals surface area (Å²) < 4.78 is 0. The monoisotopic (exact) mass is 128 g/mol. The Kier molecular flexibility index (Phi) is 6.22. The Morgan fingerprint density at radius 2 is 1.56 bits per heavy atom. The first kappa shape index (κ1) is 10.9. The fourth-order valence-corrected chi connectivity index (χ4v) is 0.374. The molecule has 0 saturated heterocycles. The normalized spacial score (nSPS) is 6.78. The van der Waals surface area contributed by atoms with Crippen LogP contribution in [0.2, 0.25) is 0 Å². The summed E-state index contributed by atoms with van der Waals surface area (Å²) in [6, 6.07) is 0. The van der Waals surface area contributed by atoms with Gasteiger partial charge in [-0.1, -0.05) is 0 Å². The lowest BCUT2D eigenvalue weighted by Gasteiger charge is -1.81. The van der Waals surface area contributed by atoms with Crippen LogP contribution in [0.15, 0.2) is 18.7 Å². The second-order valence-electron chi connectivity index (χ2n) is 1.42. The summed E-state index contributed by atoms with van der Waals surface area (Å²) in [5.41, 5.74) is 1.10. The van der Waals surface area contributed by atoms with Gasteiger partial charge in [-0.15, -0.1) is 0 Å². The van der Waals surface area contributed by atoms with E-state index in [1.807, 2.05) is 6.92 Å². The molecule has 4 heteroatoms. The van der Waals surface area contributed by atoms with Crippen LogP contribution < -0.4 is 12.3 Å². The summed E-state index contributed by atoms with van der Waals surface area (Å²) in [5, 5.41) is 0. The summed E-state index contributed by atoms with van der Waals surface area (Å²) >= 11 is 0. The molecule has 0 radical (unpaired) electrons. The lowest BCUT2D eigenvalue weighted by molar-refractivity contribution is 1.13. The third-order valence-corrected chi connectivity index (χ3v) is 0.690. The Hall–Kier alpha value is -1.00. The molecule has 4 nitrogen and oxygen atoms in total. The lowest BCUT2D eigenvalue weighted by Crippen LogP contribution is -1.75. The fourth-order valence-electron chi connectivity index (χ4n) is 0.374. The minimum atomic E-state index is 0. The highest BCUT2D eigenvalue weighted by atomic mass is 14.8. The van der Waals surface area contributed by atoms with E-state index in [2.05, 4.69) is 9.97 Å². The van der Waals surface area contributed by atoms with Gasteiger partial charge in [-0.05, 0) is 12.5 Å². The fraction of sp³-hybridized carbons (Fsp3) is 0.200. The molecule has 0 unspecified atom stereocenters. The van der Waals surface area contributed by atoms with Crippen molar-refractivity contribution in [3.8, 4) is 0 Å². The van der Waals surface area contributed by atoms with Crippen LogP contribution in [0.4, 0.5) is 0 Å². The van der Waals surface area contributed by atoms with Crippen molar-refractivity contribution < 1.29 is 0 Å². The maximum absolute atomic E-state index is 3.77. The average Bonchev–Trinajstić information content (AvgIpc) is 1.69. The van der Waals surface area contributed by atoms with Crippen molar-refractivity contribution in [2.75, 3.05) is 0 Å². The summed E-state index contributed by atoms with van der Waals surface area (Å²) in [4.78, 5) is 7.55. The van der Waals surface area contributed by atoms with Crippen molar-refractivity contribution in [2.45, 2.75) is 6.92 Å². The minimum Gasteiger partial charge on any atom is -0.344 e. The van der Waals surface area contributed by atoms with Crippen molar-refractivity contribution >= 4 is 0 Å². The molecule has 0 bridgehead atoms. The molecule has 1 aromatic rings. The Labute approximate surface area is 54.5 Å². The largest absolute Gasteiger partial charge is 0.344 e. The van der Waals surface area contributed by atoms with E-state index in [9.17, 15) is 0 Å². The third kappa shape index (κ3) is 3.57. The Bertz CT molecular complexity index is 139. The first-order chi connectivity index (χ1) is 3.39. The zero-order chi connectivity index (χ0) is 5.11. The molecule has 1 aromatic heterocycles. The highest BCUT2D eigenvalue weighted by Gasteiger charge is 1.74. The maximum atomic E-state index is 3.77. The molecule has 0 aliphatic carbocycles. The standard InChI is InChI=1S/C5H6N2.2H3N/c1-5-2-6-4-7-3-5;;/h2-4H,1H3;2*1H3. The van der Waals surface area contributed by atoms with E-state index in [-0.39, 0.29) is 12.3 Å². The number of aromatic nitrogens is 2. The number of rotatable bonds is 0. The second kappa shape index (κ2) is 5.14. The van der Waals surface area contributed by atoms with Crippen LogP contribution in [0.5, 0.6) is 0 Å². The van der Waals surface area contributed by atoms with Crippen LogP contribution in [0.25, 0.3) is 0 Å². The van der Waals surface area contributed by atoms with E-state index in [1.165, 1.54) is 6.33 Å². The highest BCUT2D eigenvalue weighted by molar-refractivity contribution is 4.96. The van der Waals surface area contributed by atoms with Gasteiger partial charge in [0, 0.05) is 12.4 Å². The van der Waals surface area contributed by atoms with Gasteiger partial charge in [0.15, 0.2) is 0 Å². The van der Waals surface area contributed by atoms with Gasteiger partial charge in [0.1, 0.15) is 6.33 Å². The van der Waals surface area contributed by atoms with Gasteiger partial charge < -0.3 is 12.3 Å². The molecular weight excluding hydrogens is 116 g/mol. The number of aryl methyl sites for hydroxylation is 1. The maximum Gasteiger partial charge on any atom is 0.115 e. The van der Waals surface area contributed by atoms with Crippen molar-refractivity contribution in [1.29, 1.82) is 0 Å².